The third-order valence-electron chi connectivity index (χ3n) is 3.32. The second-order valence-electron chi connectivity index (χ2n) is 5.53. The smallest absolute Gasteiger partial charge is 0.308 e. The van der Waals surface area contributed by atoms with Crippen molar-refractivity contribution in [3.63, 3.8) is 0 Å². The Labute approximate surface area is 151 Å². The van der Waals surface area contributed by atoms with Crippen LogP contribution < -0.4 is 9.47 Å². The van der Waals surface area contributed by atoms with Crippen molar-refractivity contribution in [2.45, 2.75) is 26.7 Å². The van der Waals surface area contributed by atoms with Gasteiger partial charge in [-0.05, 0) is 55.0 Å². The molecule has 0 radical (unpaired) electrons. The highest BCUT2D eigenvalue weighted by atomic mass is 16.5. The Morgan fingerprint density at radius 3 is 1.92 bits per heavy atom. The molecule has 2 aromatic rings. The predicted molar refractivity (Wildman–Crippen MR) is 94.5 cm³/mol. The number of ketones is 1. The predicted octanol–water partition coefficient (Wildman–Crippen LogP) is 3.93. The van der Waals surface area contributed by atoms with Crippen molar-refractivity contribution in [3.05, 3.63) is 54.1 Å². The fraction of sp³-hybridized carbons (Fsp3) is 0.250. The van der Waals surface area contributed by atoms with Crippen LogP contribution in [0.1, 0.15) is 37.0 Å². The number of carbonyl (C=O) groups is 3. The van der Waals surface area contributed by atoms with Gasteiger partial charge >= 0.3 is 11.9 Å². The number of hydrogen-bond donors (Lipinski definition) is 0. The van der Waals surface area contributed by atoms with Crippen molar-refractivity contribution in [1.29, 1.82) is 0 Å². The normalized spacial score (nSPS) is 10.1. The molecule has 2 rings (SSSR count). The summed E-state index contributed by atoms with van der Waals surface area (Å²) in [6.45, 7) is 2.93. The first-order valence-electron chi connectivity index (χ1n) is 8.23. The fourth-order valence-corrected chi connectivity index (χ4v) is 2.09. The van der Waals surface area contributed by atoms with Gasteiger partial charge in [0.15, 0.2) is 12.4 Å². The lowest BCUT2D eigenvalue weighted by atomic mass is 10.1. The van der Waals surface area contributed by atoms with E-state index in [1.807, 2.05) is 6.92 Å². The first-order chi connectivity index (χ1) is 12.5. The SMILES string of the molecule is CCCC(=O)OCC(=O)c1ccc(Oc2ccc(OC(C)=O)cc2)cc1. The maximum Gasteiger partial charge on any atom is 0.308 e. The van der Waals surface area contributed by atoms with E-state index in [1.165, 1.54) is 6.92 Å². The Kier molecular flexibility index (Phi) is 6.91. The number of carbonyl (C=O) groups excluding carboxylic acids is 3. The quantitative estimate of drug-likeness (QED) is 0.405. The van der Waals surface area contributed by atoms with Gasteiger partial charge in [-0.25, -0.2) is 0 Å². The van der Waals surface area contributed by atoms with E-state index in [-0.39, 0.29) is 24.3 Å². The van der Waals surface area contributed by atoms with Crippen LogP contribution >= 0.6 is 0 Å². The van der Waals surface area contributed by atoms with E-state index in [1.54, 1.807) is 48.5 Å². The Morgan fingerprint density at radius 1 is 0.846 bits per heavy atom. The lowest BCUT2D eigenvalue weighted by Gasteiger charge is -2.08. The van der Waals surface area contributed by atoms with Gasteiger partial charge in [-0.3, -0.25) is 14.4 Å². The van der Waals surface area contributed by atoms with Crippen LogP contribution in [-0.4, -0.2) is 24.3 Å². The van der Waals surface area contributed by atoms with Crippen LogP contribution in [0.5, 0.6) is 17.2 Å². The van der Waals surface area contributed by atoms with Gasteiger partial charge in [-0.15, -0.1) is 0 Å². The topological polar surface area (TPSA) is 78.9 Å². The lowest BCUT2D eigenvalue weighted by molar-refractivity contribution is -0.142. The number of hydrogen-bond acceptors (Lipinski definition) is 6. The Bertz CT molecular complexity index is 762. The van der Waals surface area contributed by atoms with E-state index in [2.05, 4.69) is 0 Å². The fourth-order valence-electron chi connectivity index (χ4n) is 2.09. The molecule has 0 aliphatic heterocycles. The summed E-state index contributed by atoms with van der Waals surface area (Å²) in [5.74, 6) is 0.505. The van der Waals surface area contributed by atoms with E-state index >= 15 is 0 Å². The second kappa shape index (κ2) is 9.36. The summed E-state index contributed by atoms with van der Waals surface area (Å²) in [5.41, 5.74) is 0.437. The van der Waals surface area contributed by atoms with Crippen LogP contribution in [0, 0.1) is 0 Å². The number of Topliss-reactive ketones (excluding diaryl/α,β-unsaturated/α-hetero) is 1. The highest BCUT2D eigenvalue weighted by Crippen LogP contribution is 2.24. The van der Waals surface area contributed by atoms with Crippen LogP contribution in [0.3, 0.4) is 0 Å². The molecule has 0 aromatic heterocycles. The van der Waals surface area contributed by atoms with Crippen LogP contribution in [-0.2, 0) is 14.3 Å². The van der Waals surface area contributed by atoms with Crippen LogP contribution in [0.25, 0.3) is 0 Å². The summed E-state index contributed by atoms with van der Waals surface area (Å²) in [7, 11) is 0. The van der Waals surface area contributed by atoms with E-state index in [4.69, 9.17) is 14.2 Å². The van der Waals surface area contributed by atoms with Crippen molar-refractivity contribution in [1.82, 2.24) is 0 Å². The van der Waals surface area contributed by atoms with Gasteiger partial charge in [0.25, 0.3) is 0 Å². The van der Waals surface area contributed by atoms with Crippen LogP contribution in [0.2, 0.25) is 0 Å². The number of benzene rings is 2. The zero-order chi connectivity index (χ0) is 18.9. The summed E-state index contributed by atoms with van der Waals surface area (Å²) >= 11 is 0. The molecule has 0 aliphatic rings. The van der Waals surface area contributed by atoms with Crippen LogP contribution in [0.4, 0.5) is 0 Å². The molecule has 2 aromatic carbocycles. The molecular weight excluding hydrogens is 336 g/mol. The molecule has 0 amide bonds. The lowest BCUT2D eigenvalue weighted by Crippen LogP contribution is -2.13. The Balaban J connectivity index is 1.91. The molecule has 26 heavy (non-hydrogen) atoms. The van der Waals surface area contributed by atoms with E-state index in [0.717, 1.165) is 0 Å². The summed E-state index contributed by atoms with van der Waals surface area (Å²) in [6.07, 6.45) is 0.983. The minimum atomic E-state index is -0.390. The molecule has 0 heterocycles. The highest BCUT2D eigenvalue weighted by Gasteiger charge is 2.10. The maximum absolute atomic E-state index is 12.0. The number of rotatable bonds is 8. The summed E-state index contributed by atoms with van der Waals surface area (Å²) in [5, 5.41) is 0. The average molecular weight is 356 g/mol. The first-order valence-corrected chi connectivity index (χ1v) is 8.23. The first kappa shape index (κ1) is 19.2. The molecule has 0 bridgehead atoms. The van der Waals surface area contributed by atoms with Gasteiger partial charge in [0.1, 0.15) is 17.2 Å². The van der Waals surface area contributed by atoms with Gasteiger partial charge in [0.05, 0.1) is 0 Å². The molecular formula is C20H20O6. The molecule has 0 N–H and O–H groups in total. The number of esters is 2. The van der Waals surface area contributed by atoms with Gasteiger partial charge in [-0.1, -0.05) is 6.92 Å². The van der Waals surface area contributed by atoms with E-state index in [9.17, 15) is 14.4 Å². The van der Waals surface area contributed by atoms with Gasteiger partial charge in [0, 0.05) is 18.9 Å². The molecule has 0 saturated heterocycles. The molecule has 0 saturated carbocycles. The van der Waals surface area contributed by atoms with Crippen molar-refractivity contribution in [2.75, 3.05) is 6.61 Å². The number of ether oxygens (including phenoxy) is 3. The standard InChI is InChI=1S/C20H20O6/c1-3-4-20(23)24-13-19(22)15-5-7-17(8-6-15)26-18-11-9-16(10-12-18)25-14(2)21/h5-12H,3-4,13H2,1-2H3. The molecule has 0 unspecified atom stereocenters. The van der Waals surface area contributed by atoms with E-state index < -0.39 is 0 Å². The minimum absolute atomic E-state index is 0.267. The Hall–Kier alpha value is -3.15. The molecule has 0 spiro atoms. The third kappa shape index (κ3) is 6.05. The minimum Gasteiger partial charge on any atom is -0.457 e. The third-order valence-corrected chi connectivity index (χ3v) is 3.32. The van der Waals surface area contributed by atoms with Crippen molar-refractivity contribution in [2.24, 2.45) is 0 Å². The highest BCUT2D eigenvalue weighted by molar-refractivity contribution is 5.98. The zero-order valence-corrected chi connectivity index (χ0v) is 14.7. The average Bonchev–Trinajstić information content (AvgIpc) is 2.62. The summed E-state index contributed by atoms with van der Waals surface area (Å²) < 4.78 is 15.5. The zero-order valence-electron chi connectivity index (χ0n) is 14.7. The molecule has 0 atom stereocenters. The van der Waals surface area contributed by atoms with Crippen molar-refractivity contribution in [3.8, 4) is 17.2 Å². The Morgan fingerprint density at radius 2 is 1.38 bits per heavy atom. The van der Waals surface area contributed by atoms with Crippen LogP contribution in [0.15, 0.2) is 48.5 Å². The van der Waals surface area contributed by atoms with E-state index in [0.29, 0.717) is 35.7 Å². The van der Waals surface area contributed by atoms with Gasteiger partial charge < -0.3 is 14.2 Å². The molecule has 0 fully saturated rings. The van der Waals surface area contributed by atoms with Gasteiger partial charge in [-0.2, -0.15) is 0 Å². The summed E-state index contributed by atoms with van der Waals surface area (Å²) in [4.78, 5) is 34.2. The van der Waals surface area contributed by atoms with Crippen molar-refractivity contribution >= 4 is 17.7 Å². The second-order valence-corrected chi connectivity index (χ2v) is 5.53. The van der Waals surface area contributed by atoms with Gasteiger partial charge in [0.2, 0.25) is 0 Å². The largest absolute Gasteiger partial charge is 0.457 e. The molecule has 136 valence electrons. The molecule has 6 heteroatoms. The molecule has 6 nitrogen and oxygen atoms in total. The molecule has 0 aliphatic carbocycles. The monoisotopic (exact) mass is 356 g/mol. The van der Waals surface area contributed by atoms with Crippen molar-refractivity contribution < 1.29 is 28.6 Å². The summed E-state index contributed by atoms with van der Waals surface area (Å²) in [6, 6.07) is 13.1. The maximum atomic E-state index is 12.0.